The van der Waals surface area contributed by atoms with E-state index in [-0.39, 0.29) is 0 Å². The van der Waals surface area contributed by atoms with Crippen molar-refractivity contribution in [2.24, 2.45) is 11.1 Å². The van der Waals surface area contributed by atoms with Gasteiger partial charge in [0.15, 0.2) is 0 Å². The van der Waals surface area contributed by atoms with Gasteiger partial charge in [0, 0.05) is 6.21 Å². The van der Waals surface area contributed by atoms with Crippen LogP contribution in [-0.4, -0.2) is 13.3 Å². The number of nitrogens with zero attached hydrogens (tertiary/aromatic N) is 1. The normalized spacial score (nSPS) is 18.1. The third-order valence-corrected chi connectivity index (χ3v) is 1.66. The van der Waals surface area contributed by atoms with Gasteiger partial charge in [-0.3, -0.25) is 0 Å². The first-order valence-corrected chi connectivity index (χ1v) is 3.82. The van der Waals surface area contributed by atoms with E-state index in [0.717, 1.165) is 12.3 Å². The van der Waals surface area contributed by atoms with Crippen LogP contribution in [0.15, 0.2) is 5.16 Å². The van der Waals surface area contributed by atoms with Crippen molar-refractivity contribution in [3.05, 3.63) is 6.42 Å². The lowest BCUT2D eigenvalue weighted by Gasteiger charge is -1.91. The summed E-state index contributed by atoms with van der Waals surface area (Å²) in [6.07, 6.45) is 9.15. The molecule has 1 fully saturated rings. The Labute approximate surface area is 62.3 Å². The van der Waals surface area contributed by atoms with E-state index >= 15 is 0 Å². The predicted molar refractivity (Wildman–Crippen MR) is 41.8 cm³/mol. The molecule has 0 aromatic carbocycles. The van der Waals surface area contributed by atoms with Crippen LogP contribution in [0.2, 0.25) is 0 Å². The predicted octanol–water partition coefficient (Wildman–Crippen LogP) is 2.01. The minimum atomic E-state index is 0.927. The molecular weight excluding hydrogens is 126 g/mol. The minimum absolute atomic E-state index is 0.927. The van der Waals surface area contributed by atoms with Gasteiger partial charge in [0.05, 0.1) is 0 Å². The Morgan fingerprint density at radius 2 is 2.60 bits per heavy atom. The van der Waals surface area contributed by atoms with Crippen LogP contribution >= 0.6 is 0 Å². The Balaban J connectivity index is 1.80. The van der Waals surface area contributed by atoms with Crippen molar-refractivity contribution in [3.8, 4) is 0 Å². The fourth-order valence-electron chi connectivity index (χ4n) is 0.930. The molecule has 57 valence electrons. The van der Waals surface area contributed by atoms with Crippen LogP contribution in [0, 0.1) is 12.3 Å². The van der Waals surface area contributed by atoms with E-state index < -0.39 is 0 Å². The van der Waals surface area contributed by atoms with Gasteiger partial charge in [0.1, 0.15) is 7.11 Å². The summed E-state index contributed by atoms with van der Waals surface area (Å²) in [5.41, 5.74) is 0. The molecular formula is C8H14NO. The lowest BCUT2D eigenvalue weighted by atomic mass is 10.2. The minimum Gasteiger partial charge on any atom is -0.399 e. The zero-order valence-corrected chi connectivity index (χ0v) is 6.42. The van der Waals surface area contributed by atoms with Gasteiger partial charge in [-0.2, -0.15) is 0 Å². The first-order valence-electron chi connectivity index (χ1n) is 3.82. The average molecular weight is 140 g/mol. The van der Waals surface area contributed by atoms with E-state index in [2.05, 4.69) is 16.4 Å². The van der Waals surface area contributed by atoms with E-state index in [1.807, 2.05) is 6.21 Å². The maximum atomic E-state index is 4.53. The Hall–Kier alpha value is -0.530. The molecule has 0 N–H and O–H groups in total. The van der Waals surface area contributed by atoms with Gasteiger partial charge >= 0.3 is 0 Å². The SMILES string of the molecule is CON=CCCCC1[CH]C1. The largest absolute Gasteiger partial charge is 0.399 e. The maximum Gasteiger partial charge on any atom is 0.106 e. The highest BCUT2D eigenvalue weighted by atomic mass is 16.6. The first-order chi connectivity index (χ1) is 4.93. The molecule has 2 nitrogen and oxygen atoms in total. The molecule has 0 amide bonds. The van der Waals surface area contributed by atoms with Gasteiger partial charge in [0.2, 0.25) is 0 Å². The van der Waals surface area contributed by atoms with Crippen LogP contribution in [0.5, 0.6) is 0 Å². The van der Waals surface area contributed by atoms with Crippen LogP contribution < -0.4 is 0 Å². The molecule has 0 aromatic rings. The second kappa shape index (κ2) is 4.31. The summed E-state index contributed by atoms with van der Waals surface area (Å²) < 4.78 is 0. The molecule has 1 rings (SSSR count). The standard InChI is InChI=1S/C8H14NO/c1-10-9-7-3-2-4-8-5-6-8/h5,7-8H,2-4,6H2,1H3. The second-order valence-corrected chi connectivity index (χ2v) is 2.63. The first kappa shape index (κ1) is 7.58. The van der Waals surface area contributed by atoms with Crippen LogP contribution in [0.1, 0.15) is 25.7 Å². The molecule has 1 unspecified atom stereocenters. The van der Waals surface area contributed by atoms with E-state index in [0.29, 0.717) is 0 Å². The van der Waals surface area contributed by atoms with E-state index in [1.54, 1.807) is 7.11 Å². The molecule has 1 saturated carbocycles. The molecule has 2 heteroatoms. The van der Waals surface area contributed by atoms with Crippen LogP contribution in [0.25, 0.3) is 0 Å². The molecule has 0 aliphatic heterocycles. The fourth-order valence-corrected chi connectivity index (χ4v) is 0.930. The van der Waals surface area contributed by atoms with Crippen molar-refractivity contribution in [2.45, 2.75) is 25.7 Å². The summed E-state index contributed by atoms with van der Waals surface area (Å²) in [6, 6.07) is 0. The lowest BCUT2D eigenvalue weighted by Crippen LogP contribution is -1.80. The number of rotatable bonds is 5. The summed E-state index contributed by atoms with van der Waals surface area (Å²) in [7, 11) is 1.57. The highest BCUT2D eigenvalue weighted by Gasteiger charge is 2.20. The molecule has 0 bridgehead atoms. The van der Waals surface area contributed by atoms with Crippen LogP contribution in [0.3, 0.4) is 0 Å². The third kappa shape index (κ3) is 3.49. The van der Waals surface area contributed by atoms with E-state index in [1.165, 1.54) is 19.3 Å². The summed E-state index contributed by atoms with van der Waals surface area (Å²) in [5, 5.41) is 3.65. The van der Waals surface area contributed by atoms with E-state index in [9.17, 15) is 0 Å². The van der Waals surface area contributed by atoms with Gasteiger partial charge in [-0.15, -0.1) is 0 Å². The monoisotopic (exact) mass is 140 g/mol. The lowest BCUT2D eigenvalue weighted by molar-refractivity contribution is 0.214. The average Bonchev–Trinajstić information content (AvgIpc) is 2.71. The van der Waals surface area contributed by atoms with Crippen molar-refractivity contribution in [3.63, 3.8) is 0 Å². The van der Waals surface area contributed by atoms with E-state index in [4.69, 9.17) is 0 Å². The van der Waals surface area contributed by atoms with Crippen molar-refractivity contribution in [1.29, 1.82) is 0 Å². The molecule has 1 atom stereocenters. The molecule has 0 saturated heterocycles. The van der Waals surface area contributed by atoms with Crippen molar-refractivity contribution in [2.75, 3.05) is 7.11 Å². The molecule has 0 heterocycles. The Kier molecular flexibility index (Phi) is 3.27. The smallest absolute Gasteiger partial charge is 0.106 e. The zero-order valence-electron chi connectivity index (χ0n) is 6.42. The Bertz CT molecular complexity index is 108. The van der Waals surface area contributed by atoms with Crippen molar-refractivity contribution < 1.29 is 4.84 Å². The molecule has 1 aliphatic rings. The number of unbranched alkanes of at least 4 members (excludes halogenated alkanes) is 1. The molecule has 1 aliphatic carbocycles. The van der Waals surface area contributed by atoms with Crippen LogP contribution in [-0.2, 0) is 4.84 Å². The number of oxime groups is 1. The third-order valence-electron chi connectivity index (χ3n) is 1.66. The van der Waals surface area contributed by atoms with Gasteiger partial charge in [0.25, 0.3) is 0 Å². The second-order valence-electron chi connectivity index (χ2n) is 2.63. The van der Waals surface area contributed by atoms with Crippen LogP contribution in [0.4, 0.5) is 0 Å². The summed E-state index contributed by atoms with van der Waals surface area (Å²) in [6.45, 7) is 0. The quantitative estimate of drug-likeness (QED) is 0.325. The molecule has 1 radical (unpaired) electrons. The van der Waals surface area contributed by atoms with Gasteiger partial charge in [-0.25, -0.2) is 0 Å². The van der Waals surface area contributed by atoms with Gasteiger partial charge in [-0.05, 0) is 38.0 Å². The zero-order chi connectivity index (χ0) is 7.23. The highest BCUT2D eigenvalue weighted by Crippen LogP contribution is 2.32. The Morgan fingerprint density at radius 3 is 3.20 bits per heavy atom. The summed E-state index contributed by atoms with van der Waals surface area (Å²) in [5.74, 6) is 0.927. The van der Waals surface area contributed by atoms with Crippen molar-refractivity contribution >= 4 is 6.21 Å². The van der Waals surface area contributed by atoms with Gasteiger partial charge in [-0.1, -0.05) is 5.16 Å². The molecule has 10 heavy (non-hydrogen) atoms. The number of hydrogen-bond donors (Lipinski definition) is 0. The molecule has 0 aromatic heterocycles. The number of hydrogen-bond acceptors (Lipinski definition) is 2. The topological polar surface area (TPSA) is 21.6 Å². The summed E-state index contributed by atoms with van der Waals surface area (Å²) in [4.78, 5) is 4.53. The van der Waals surface area contributed by atoms with Crippen molar-refractivity contribution in [1.82, 2.24) is 0 Å². The summed E-state index contributed by atoms with van der Waals surface area (Å²) >= 11 is 0. The molecule has 0 spiro atoms. The van der Waals surface area contributed by atoms with Gasteiger partial charge < -0.3 is 4.84 Å². The highest BCUT2D eigenvalue weighted by molar-refractivity contribution is 5.56. The fraction of sp³-hybridized carbons (Fsp3) is 0.750. The maximum absolute atomic E-state index is 4.53. The Morgan fingerprint density at radius 1 is 1.80 bits per heavy atom.